The Bertz CT molecular complexity index is 711. The van der Waals surface area contributed by atoms with E-state index in [4.69, 9.17) is 5.73 Å². The molecule has 1 saturated carbocycles. The number of rotatable bonds is 6. The lowest BCUT2D eigenvalue weighted by Gasteiger charge is -2.20. The van der Waals surface area contributed by atoms with Gasteiger partial charge in [0.05, 0.1) is 5.75 Å². The lowest BCUT2D eigenvalue weighted by atomic mass is 9.95. The number of amides is 1. The molecule has 0 radical (unpaired) electrons. The standard InChI is InChI=1S/C18H29N3O3S/c1-18(2,3)21-25(23,24)12-13-6-4-8-15(10-13)20-17(22)16-9-5-7-14(16)11-19/h4,6,8,10,14,16,21H,5,7,9,11-12,19H2,1-3H3,(H,20,22)/t14-,16-/m1/s1. The van der Waals surface area contributed by atoms with E-state index >= 15 is 0 Å². The average Bonchev–Trinajstić information content (AvgIpc) is 2.92. The van der Waals surface area contributed by atoms with Crippen LogP contribution >= 0.6 is 0 Å². The van der Waals surface area contributed by atoms with Crippen molar-refractivity contribution in [2.24, 2.45) is 17.6 Å². The van der Waals surface area contributed by atoms with Gasteiger partial charge in [-0.25, -0.2) is 13.1 Å². The molecule has 0 saturated heterocycles. The van der Waals surface area contributed by atoms with Gasteiger partial charge in [0.2, 0.25) is 15.9 Å². The number of sulfonamides is 1. The fourth-order valence-corrected chi connectivity index (χ4v) is 4.98. The molecule has 1 fully saturated rings. The number of benzene rings is 1. The first kappa shape index (κ1) is 19.9. The highest BCUT2D eigenvalue weighted by Gasteiger charge is 2.32. The molecule has 0 aliphatic heterocycles. The molecule has 7 heteroatoms. The highest BCUT2D eigenvalue weighted by atomic mass is 32.2. The summed E-state index contributed by atoms with van der Waals surface area (Å²) < 4.78 is 27.1. The second-order valence-corrected chi connectivity index (χ2v) is 9.56. The van der Waals surface area contributed by atoms with E-state index < -0.39 is 15.6 Å². The Morgan fingerprint density at radius 2 is 2.00 bits per heavy atom. The van der Waals surface area contributed by atoms with Gasteiger partial charge in [-0.15, -0.1) is 0 Å². The molecule has 1 aromatic rings. The van der Waals surface area contributed by atoms with E-state index in [9.17, 15) is 13.2 Å². The van der Waals surface area contributed by atoms with Crippen molar-refractivity contribution >= 4 is 21.6 Å². The van der Waals surface area contributed by atoms with Crippen LogP contribution in [0.25, 0.3) is 0 Å². The van der Waals surface area contributed by atoms with Crippen LogP contribution in [0.1, 0.15) is 45.6 Å². The minimum absolute atomic E-state index is 0.0271. The lowest BCUT2D eigenvalue weighted by Crippen LogP contribution is -2.41. The molecule has 0 aromatic heterocycles. The maximum atomic E-state index is 12.5. The molecule has 2 atom stereocenters. The fraction of sp³-hybridized carbons (Fsp3) is 0.611. The molecule has 1 aliphatic rings. The summed E-state index contributed by atoms with van der Waals surface area (Å²) in [6.07, 6.45) is 2.87. The highest BCUT2D eigenvalue weighted by molar-refractivity contribution is 7.88. The van der Waals surface area contributed by atoms with Crippen molar-refractivity contribution in [2.45, 2.75) is 51.3 Å². The highest BCUT2D eigenvalue weighted by Crippen LogP contribution is 2.32. The number of nitrogens with two attached hydrogens (primary N) is 1. The number of nitrogens with one attached hydrogen (secondary N) is 2. The zero-order valence-electron chi connectivity index (χ0n) is 15.2. The summed E-state index contributed by atoms with van der Waals surface area (Å²) in [5.41, 5.74) is 6.48. The molecule has 6 nitrogen and oxygen atoms in total. The summed E-state index contributed by atoms with van der Waals surface area (Å²) in [5, 5.41) is 2.91. The van der Waals surface area contributed by atoms with Crippen molar-refractivity contribution < 1.29 is 13.2 Å². The normalized spacial score (nSPS) is 21.3. The second-order valence-electron chi connectivity index (χ2n) is 7.83. The fourth-order valence-electron chi connectivity index (χ4n) is 3.36. The van der Waals surface area contributed by atoms with Crippen molar-refractivity contribution in [2.75, 3.05) is 11.9 Å². The number of hydrogen-bond donors (Lipinski definition) is 3. The Hall–Kier alpha value is -1.44. The molecule has 2 rings (SSSR count). The number of hydrogen-bond acceptors (Lipinski definition) is 4. The molecule has 1 aromatic carbocycles. The molecule has 1 aliphatic carbocycles. The summed E-state index contributed by atoms with van der Waals surface area (Å²) in [4.78, 5) is 12.5. The van der Waals surface area contributed by atoms with Gasteiger partial charge in [-0.2, -0.15) is 0 Å². The topological polar surface area (TPSA) is 101 Å². The van der Waals surface area contributed by atoms with Gasteiger partial charge < -0.3 is 11.1 Å². The number of anilines is 1. The van der Waals surface area contributed by atoms with Gasteiger partial charge >= 0.3 is 0 Å². The molecular formula is C18H29N3O3S. The maximum absolute atomic E-state index is 12.5. The molecular weight excluding hydrogens is 338 g/mol. The first-order chi connectivity index (χ1) is 11.6. The SMILES string of the molecule is CC(C)(C)NS(=O)(=O)Cc1cccc(NC(=O)[C@@H]2CCC[C@@H]2CN)c1. The van der Waals surface area contributed by atoms with Crippen molar-refractivity contribution in [1.82, 2.24) is 4.72 Å². The zero-order chi connectivity index (χ0) is 18.7. The van der Waals surface area contributed by atoms with E-state index in [2.05, 4.69) is 10.0 Å². The van der Waals surface area contributed by atoms with Gasteiger partial charge in [0.25, 0.3) is 0 Å². The van der Waals surface area contributed by atoms with Crippen LogP contribution in [0.3, 0.4) is 0 Å². The molecule has 0 spiro atoms. The predicted molar refractivity (Wildman–Crippen MR) is 100 cm³/mol. The monoisotopic (exact) mass is 367 g/mol. The summed E-state index contributed by atoms with van der Waals surface area (Å²) >= 11 is 0. The second kappa shape index (κ2) is 7.85. The van der Waals surface area contributed by atoms with Crippen LogP contribution in [0.4, 0.5) is 5.69 Å². The first-order valence-corrected chi connectivity index (χ1v) is 10.4. The molecule has 4 N–H and O–H groups in total. The minimum atomic E-state index is -3.45. The summed E-state index contributed by atoms with van der Waals surface area (Å²) in [5.74, 6) is 0.0308. The van der Waals surface area contributed by atoms with Crippen LogP contribution < -0.4 is 15.8 Å². The van der Waals surface area contributed by atoms with E-state index in [1.54, 1.807) is 45.0 Å². The molecule has 25 heavy (non-hydrogen) atoms. The molecule has 0 unspecified atom stereocenters. The Balaban J connectivity index is 2.05. The van der Waals surface area contributed by atoms with Crippen molar-refractivity contribution in [3.63, 3.8) is 0 Å². The Labute approximate surface area is 150 Å². The van der Waals surface area contributed by atoms with Crippen molar-refractivity contribution in [1.29, 1.82) is 0 Å². The summed E-state index contributed by atoms with van der Waals surface area (Å²) in [6, 6.07) is 6.99. The Kier molecular flexibility index (Phi) is 6.24. The van der Waals surface area contributed by atoms with Gasteiger partial charge in [-0.3, -0.25) is 4.79 Å². The van der Waals surface area contributed by atoms with E-state index in [1.165, 1.54) is 0 Å². The summed E-state index contributed by atoms with van der Waals surface area (Å²) in [6.45, 7) is 5.93. The van der Waals surface area contributed by atoms with Crippen LogP contribution in [0.2, 0.25) is 0 Å². The van der Waals surface area contributed by atoms with Gasteiger partial charge in [-0.05, 0) is 63.8 Å². The Morgan fingerprint density at radius 3 is 2.64 bits per heavy atom. The van der Waals surface area contributed by atoms with Gasteiger partial charge in [0.1, 0.15) is 0 Å². The smallest absolute Gasteiger partial charge is 0.227 e. The van der Waals surface area contributed by atoms with E-state index in [1.807, 2.05) is 0 Å². The third-order valence-electron chi connectivity index (χ3n) is 4.31. The van der Waals surface area contributed by atoms with E-state index in [0.717, 1.165) is 19.3 Å². The van der Waals surface area contributed by atoms with Gasteiger partial charge in [0, 0.05) is 17.1 Å². The number of carbonyl (C=O) groups is 1. The van der Waals surface area contributed by atoms with Crippen LogP contribution in [-0.4, -0.2) is 26.4 Å². The largest absolute Gasteiger partial charge is 0.330 e. The molecule has 0 heterocycles. The quantitative estimate of drug-likeness (QED) is 0.717. The van der Waals surface area contributed by atoms with Crippen LogP contribution in [-0.2, 0) is 20.6 Å². The first-order valence-electron chi connectivity index (χ1n) is 8.71. The van der Waals surface area contributed by atoms with Crippen molar-refractivity contribution in [3.05, 3.63) is 29.8 Å². The molecule has 0 bridgehead atoms. The van der Waals surface area contributed by atoms with Crippen LogP contribution in [0.15, 0.2) is 24.3 Å². The Morgan fingerprint density at radius 1 is 1.28 bits per heavy atom. The van der Waals surface area contributed by atoms with Crippen LogP contribution in [0, 0.1) is 11.8 Å². The van der Waals surface area contributed by atoms with E-state index in [0.29, 0.717) is 17.8 Å². The lowest BCUT2D eigenvalue weighted by molar-refractivity contribution is -0.120. The summed E-state index contributed by atoms with van der Waals surface area (Å²) in [7, 11) is -3.45. The maximum Gasteiger partial charge on any atom is 0.227 e. The third kappa shape index (κ3) is 6.09. The van der Waals surface area contributed by atoms with Gasteiger partial charge in [0.15, 0.2) is 0 Å². The molecule has 1 amide bonds. The predicted octanol–water partition coefficient (Wildman–Crippen LogP) is 2.22. The van der Waals surface area contributed by atoms with Gasteiger partial charge in [-0.1, -0.05) is 18.6 Å². The molecule has 140 valence electrons. The zero-order valence-corrected chi connectivity index (χ0v) is 16.0. The van der Waals surface area contributed by atoms with Crippen LogP contribution in [0.5, 0.6) is 0 Å². The third-order valence-corrected chi connectivity index (χ3v) is 5.95. The van der Waals surface area contributed by atoms with E-state index in [-0.39, 0.29) is 23.5 Å². The number of carbonyl (C=O) groups excluding carboxylic acids is 1. The average molecular weight is 368 g/mol. The minimum Gasteiger partial charge on any atom is -0.330 e. The van der Waals surface area contributed by atoms with Crippen molar-refractivity contribution in [3.8, 4) is 0 Å².